The van der Waals surface area contributed by atoms with Crippen molar-refractivity contribution in [3.05, 3.63) is 21.4 Å². The Labute approximate surface area is 188 Å². The minimum Gasteiger partial charge on any atom is -0.444 e. The fourth-order valence-corrected chi connectivity index (χ4v) is 5.46. The van der Waals surface area contributed by atoms with Gasteiger partial charge >= 0.3 is 6.09 Å². The van der Waals surface area contributed by atoms with Crippen molar-refractivity contribution < 1.29 is 16.1 Å². The molecule has 1 aliphatic heterocycles. The first-order valence-electron chi connectivity index (χ1n) is 11.7. The standard InChI is InChI=1S/C14H23NOS.C10H19NO2.H2/c1-3-12-9-13(14(17-12)5-7-16)11-4-6-15-10(2)8-11;1-10(2,3)13-9(12)11-8-6-4-5-7-8;/h9-11,15-16H,3-8H2,1-2H3;8H,4-7H2,1-3H3,(H,11,12);1H/t10-,11?;;/m0../s1. The number of nitrogens with one attached hydrogen (secondary N) is 2. The maximum Gasteiger partial charge on any atom is 0.407 e. The molecule has 3 N–H and O–H groups in total. The molecular weight excluding hydrogens is 396 g/mol. The van der Waals surface area contributed by atoms with Crippen LogP contribution >= 0.6 is 11.3 Å². The Balaban J connectivity index is 0.000000311. The number of aliphatic hydroxyl groups excluding tert-OH is 1. The summed E-state index contributed by atoms with van der Waals surface area (Å²) in [5.41, 5.74) is 1.14. The average molecular weight is 441 g/mol. The SMILES string of the molecule is CC(C)(C)OC(=O)NC1CCCC1.CCc1cc(C2CCN[C@@H](C)C2)c(CCO)s1.[HH]. The van der Waals surface area contributed by atoms with Gasteiger partial charge in [0, 0.05) is 36.3 Å². The first-order valence-corrected chi connectivity index (χ1v) is 12.5. The van der Waals surface area contributed by atoms with Crippen LogP contribution in [0.4, 0.5) is 4.79 Å². The van der Waals surface area contributed by atoms with Gasteiger partial charge in [-0.15, -0.1) is 11.3 Å². The summed E-state index contributed by atoms with van der Waals surface area (Å²) in [6.45, 7) is 11.5. The van der Waals surface area contributed by atoms with E-state index in [2.05, 4.69) is 30.5 Å². The van der Waals surface area contributed by atoms with Gasteiger partial charge in [0.1, 0.15) is 5.60 Å². The van der Waals surface area contributed by atoms with Gasteiger partial charge in [0.2, 0.25) is 0 Å². The maximum absolute atomic E-state index is 11.3. The van der Waals surface area contributed by atoms with Gasteiger partial charge < -0.3 is 20.5 Å². The quantitative estimate of drug-likeness (QED) is 0.573. The molecule has 174 valence electrons. The van der Waals surface area contributed by atoms with E-state index < -0.39 is 0 Å². The summed E-state index contributed by atoms with van der Waals surface area (Å²) in [5, 5.41) is 15.6. The van der Waals surface area contributed by atoms with E-state index in [-0.39, 0.29) is 19.7 Å². The van der Waals surface area contributed by atoms with Gasteiger partial charge in [-0.25, -0.2) is 4.79 Å². The van der Waals surface area contributed by atoms with Gasteiger partial charge in [0.25, 0.3) is 0 Å². The van der Waals surface area contributed by atoms with E-state index in [1.54, 1.807) is 0 Å². The predicted octanol–water partition coefficient (Wildman–Crippen LogP) is 5.40. The molecule has 1 unspecified atom stereocenters. The molecule has 2 heterocycles. The van der Waals surface area contributed by atoms with E-state index in [0.29, 0.717) is 18.0 Å². The third kappa shape index (κ3) is 8.56. The Morgan fingerprint density at radius 1 is 1.33 bits per heavy atom. The molecule has 1 amide bonds. The molecule has 1 saturated heterocycles. The molecule has 3 rings (SSSR count). The van der Waals surface area contributed by atoms with Crippen LogP contribution in [0.25, 0.3) is 0 Å². The first-order chi connectivity index (χ1) is 14.2. The zero-order valence-corrected chi connectivity index (χ0v) is 20.4. The summed E-state index contributed by atoms with van der Waals surface area (Å²) in [6.07, 6.45) is 8.78. The maximum atomic E-state index is 11.3. The Bertz CT molecular complexity index is 654. The van der Waals surface area contributed by atoms with Crippen molar-refractivity contribution >= 4 is 17.4 Å². The highest BCUT2D eigenvalue weighted by atomic mass is 32.1. The van der Waals surface area contributed by atoms with Gasteiger partial charge in [0.05, 0.1) is 0 Å². The van der Waals surface area contributed by atoms with E-state index >= 15 is 0 Å². The number of carbonyl (C=O) groups excluding carboxylic acids is 1. The van der Waals surface area contributed by atoms with Crippen LogP contribution in [0, 0.1) is 0 Å². The van der Waals surface area contributed by atoms with Crippen molar-refractivity contribution in [3.63, 3.8) is 0 Å². The molecule has 1 aromatic rings. The highest BCUT2D eigenvalue weighted by Gasteiger charge is 2.24. The zero-order chi connectivity index (χ0) is 22.1. The lowest BCUT2D eigenvalue weighted by Crippen LogP contribution is -2.37. The third-order valence-corrected chi connectivity index (χ3v) is 7.07. The van der Waals surface area contributed by atoms with Crippen LogP contribution in [0.1, 0.15) is 95.8 Å². The molecule has 30 heavy (non-hydrogen) atoms. The van der Waals surface area contributed by atoms with Crippen molar-refractivity contribution in [1.29, 1.82) is 0 Å². The number of amides is 1. The van der Waals surface area contributed by atoms with Crippen LogP contribution in [0.2, 0.25) is 0 Å². The van der Waals surface area contributed by atoms with E-state index in [4.69, 9.17) is 4.74 Å². The van der Waals surface area contributed by atoms with E-state index in [1.165, 1.54) is 41.0 Å². The van der Waals surface area contributed by atoms with Gasteiger partial charge in [0.15, 0.2) is 0 Å². The van der Waals surface area contributed by atoms with Gasteiger partial charge in [-0.1, -0.05) is 19.8 Å². The molecular formula is C24H44N2O3S. The molecule has 1 aromatic heterocycles. The Morgan fingerprint density at radius 3 is 2.60 bits per heavy atom. The van der Waals surface area contributed by atoms with E-state index in [1.807, 2.05) is 32.1 Å². The lowest BCUT2D eigenvalue weighted by atomic mass is 9.86. The summed E-state index contributed by atoms with van der Waals surface area (Å²) in [4.78, 5) is 14.2. The van der Waals surface area contributed by atoms with Crippen molar-refractivity contribution in [3.8, 4) is 0 Å². The minimum absolute atomic E-state index is 0. The summed E-state index contributed by atoms with van der Waals surface area (Å²) in [5.74, 6) is 0.698. The fraction of sp³-hybridized carbons (Fsp3) is 0.792. The number of thiophene rings is 1. The van der Waals surface area contributed by atoms with Crippen molar-refractivity contribution in [2.24, 2.45) is 0 Å². The molecule has 0 spiro atoms. The number of aliphatic hydroxyl groups is 1. The van der Waals surface area contributed by atoms with Crippen molar-refractivity contribution in [2.45, 2.75) is 110 Å². The molecule has 0 radical (unpaired) electrons. The first kappa shape index (κ1) is 25.2. The molecule has 0 bridgehead atoms. The van der Waals surface area contributed by atoms with Crippen LogP contribution in [0.15, 0.2) is 6.07 Å². The number of rotatable bonds is 5. The minimum atomic E-state index is -0.386. The molecule has 2 atom stereocenters. The third-order valence-electron chi connectivity index (χ3n) is 5.72. The second kappa shape index (κ2) is 12.1. The van der Waals surface area contributed by atoms with Gasteiger partial charge in [-0.3, -0.25) is 0 Å². The van der Waals surface area contributed by atoms with Crippen LogP contribution < -0.4 is 10.6 Å². The topological polar surface area (TPSA) is 70.6 Å². The Kier molecular flexibility index (Phi) is 10.1. The van der Waals surface area contributed by atoms with Gasteiger partial charge in [-0.05, 0) is 83.9 Å². The number of hydrogen-bond donors (Lipinski definition) is 3. The van der Waals surface area contributed by atoms with Crippen LogP contribution in [-0.2, 0) is 17.6 Å². The number of hydrogen-bond acceptors (Lipinski definition) is 5. The monoisotopic (exact) mass is 440 g/mol. The summed E-state index contributed by atoms with van der Waals surface area (Å²) in [6, 6.07) is 3.36. The molecule has 0 aromatic carbocycles. The van der Waals surface area contributed by atoms with Crippen LogP contribution in [-0.4, -0.2) is 42.0 Å². The second-order valence-corrected chi connectivity index (χ2v) is 10.8. The zero-order valence-electron chi connectivity index (χ0n) is 19.6. The van der Waals surface area contributed by atoms with Crippen LogP contribution in [0.5, 0.6) is 0 Å². The molecule has 1 saturated carbocycles. The Hall–Kier alpha value is -1.11. The largest absolute Gasteiger partial charge is 0.444 e. The number of piperidine rings is 1. The van der Waals surface area contributed by atoms with E-state index in [9.17, 15) is 9.90 Å². The molecule has 5 nitrogen and oxygen atoms in total. The molecule has 1 aliphatic carbocycles. The summed E-state index contributed by atoms with van der Waals surface area (Å²) >= 11 is 1.90. The molecule has 2 fully saturated rings. The lowest BCUT2D eigenvalue weighted by molar-refractivity contribution is 0.0505. The normalized spacial score (nSPS) is 22.3. The van der Waals surface area contributed by atoms with Crippen molar-refractivity contribution in [1.82, 2.24) is 10.6 Å². The Morgan fingerprint density at radius 2 is 2.03 bits per heavy atom. The highest BCUT2D eigenvalue weighted by Crippen LogP contribution is 2.35. The lowest BCUT2D eigenvalue weighted by Gasteiger charge is -2.28. The molecule has 2 aliphatic rings. The number of aryl methyl sites for hydroxylation is 1. The number of carbonyl (C=O) groups is 1. The average Bonchev–Trinajstić information content (AvgIpc) is 3.30. The molecule has 6 heteroatoms. The summed E-state index contributed by atoms with van der Waals surface area (Å²) in [7, 11) is 0. The van der Waals surface area contributed by atoms with Gasteiger partial charge in [-0.2, -0.15) is 0 Å². The van der Waals surface area contributed by atoms with E-state index in [0.717, 1.165) is 32.2 Å². The predicted molar refractivity (Wildman–Crippen MR) is 128 cm³/mol. The number of alkyl carbamates (subject to hydrolysis) is 1. The van der Waals surface area contributed by atoms with Crippen LogP contribution in [0.3, 0.4) is 0 Å². The highest BCUT2D eigenvalue weighted by molar-refractivity contribution is 7.12. The number of ether oxygens (including phenoxy) is 1. The summed E-state index contributed by atoms with van der Waals surface area (Å²) < 4.78 is 5.15. The fourth-order valence-electron chi connectivity index (χ4n) is 4.28. The van der Waals surface area contributed by atoms with Crippen molar-refractivity contribution in [2.75, 3.05) is 13.2 Å². The second-order valence-electron chi connectivity index (χ2n) is 9.62. The smallest absolute Gasteiger partial charge is 0.407 e.